The lowest BCUT2D eigenvalue weighted by Crippen LogP contribution is -2.01. The Morgan fingerprint density at radius 1 is 1.30 bits per heavy atom. The zero-order chi connectivity index (χ0) is 14.4. The summed E-state index contributed by atoms with van der Waals surface area (Å²) < 4.78 is 0. The van der Waals surface area contributed by atoms with Crippen LogP contribution in [0.2, 0.25) is 0 Å². The number of allylic oxidation sites excluding steroid dienone is 5. The van der Waals surface area contributed by atoms with Gasteiger partial charge in [-0.1, -0.05) is 61.2 Å². The zero-order valence-electron chi connectivity index (χ0n) is 11.3. The summed E-state index contributed by atoms with van der Waals surface area (Å²) >= 11 is 0. The third kappa shape index (κ3) is 3.01. The van der Waals surface area contributed by atoms with Crippen LogP contribution in [0.1, 0.15) is 28.8 Å². The number of aromatic nitrogens is 2. The highest BCUT2D eigenvalue weighted by Crippen LogP contribution is 2.14. The molecule has 0 spiro atoms. The molecule has 0 amide bonds. The van der Waals surface area contributed by atoms with E-state index in [1.165, 1.54) is 0 Å². The van der Waals surface area contributed by atoms with Crippen LogP contribution in [0.15, 0.2) is 67.4 Å². The van der Waals surface area contributed by atoms with E-state index in [-0.39, 0.29) is 5.78 Å². The number of aromatic amines is 1. The molecular weight excluding hydrogens is 248 g/mol. The predicted molar refractivity (Wildman–Crippen MR) is 81.5 cm³/mol. The number of rotatable bonds is 5. The fourth-order valence-electron chi connectivity index (χ4n) is 1.81. The molecule has 100 valence electrons. The average Bonchev–Trinajstić information content (AvgIpc) is 2.98. The molecule has 0 aliphatic rings. The number of imidazole rings is 1. The lowest BCUT2D eigenvalue weighted by atomic mass is 10.1. The first-order chi connectivity index (χ1) is 9.76. The minimum atomic E-state index is -0.0625. The van der Waals surface area contributed by atoms with Crippen molar-refractivity contribution >= 4 is 11.4 Å². The van der Waals surface area contributed by atoms with Gasteiger partial charge in [-0.3, -0.25) is 4.79 Å². The van der Waals surface area contributed by atoms with Crippen LogP contribution >= 0.6 is 0 Å². The maximum atomic E-state index is 12.3. The van der Waals surface area contributed by atoms with Crippen molar-refractivity contribution < 1.29 is 4.79 Å². The highest BCUT2D eigenvalue weighted by molar-refractivity contribution is 6.07. The number of hydrogen-bond donors (Lipinski definition) is 1. The van der Waals surface area contributed by atoms with Gasteiger partial charge < -0.3 is 4.98 Å². The number of benzene rings is 1. The normalized spacial score (nSPS) is 11.8. The van der Waals surface area contributed by atoms with E-state index in [0.717, 1.165) is 5.57 Å². The standard InChI is InChI=1S/C17H16N2O/c1-3-5-9-13(4-2)17-18-12-15(19-17)16(20)14-10-7-6-8-11-14/h3-12H,1H2,2H3,(H,18,19)/b9-5-,13-4+. The molecule has 0 aliphatic heterocycles. The largest absolute Gasteiger partial charge is 0.335 e. The van der Waals surface area contributed by atoms with Gasteiger partial charge in [0, 0.05) is 11.1 Å². The van der Waals surface area contributed by atoms with Crippen LogP contribution in [-0.2, 0) is 0 Å². The van der Waals surface area contributed by atoms with Crippen LogP contribution in [0.5, 0.6) is 0 Å². The van der Waals surface area contributed by atoms with Gasteiger partial charge in [-0.25, -0.2) is 4.98 Å². The minimum Gasteiger partial charge on any atom is -0.335 e. The third-order valence-corrected chi connectivity index (χ3v) is 2.85. The molecule has 0 fully saturated rings. The van der Waals surface area contributed by atoms with Crippen molar-refractivity contribution in [2.45, 2.75) is 6.92 Å². The van der Waals surface area contributed by atoms with Gasteiger partial charge in [-0.05, 0) is 6.92 Å². The Morgan fingerprint density at radius 3 is 2.70 bits per heavy atom. The van der Waals surface area contributed by atoms with E-state index in [4.69, 9.17) is 0 Å². The van der Waals surface area contributed by atoms with E-state index < -0.39 is 0 Å². The first-order valence-corrected chi connectivity index (χ1v) is 6.36. The summed E-state index contributed by atoms with van der Waals surface area (Å²) in [7, 11) is 0. The summed E-state index contributed by atoms with van der Waals surface area (Å²) in [6.45, 7) is 5.56. The molecule has 0 saturated carbocycles. The first kappa shape index (κ1) is 13.7. The molecule has 20 heavy (non-hydrogen) atoms. The highest BCUT2D eigenvalue weighted by Gasteiger charge is 2.12. The summed E-state index contributed by atoms with van der Waals surface area (Å²) in [6.07, 6.45) is 8.91. The van der Waals surface area contributed by atoms with E-state index in [2.05, 4.69) is 16.5 Å². The van der Waals surface area contributed by atoms with E-state index >= 15 is 0 Å². The van der Waals surface area contributed by atoms with Crippen molar-refractivity contribution in [1.82, 2.24) is 9.97 Å². The van der Waals surface area contributed by atoms with Gasteiger partial charge >= 0.3 is 0 Å². The van der Waals surface area contributed by atoms with Gasteiger partial charge in [0.05, 0.1) is 6.20 Å². The fourth-order valence-corrected chi connectivity index (χ4v) is 1.81. The minimum absolute atomic E-state index is 0.0625. The third-order valence-electron chi connectivity index (χ3n) is 2.85. The Labute approximate surface area is 118 Å². The van der Waals surface area contributed by atoms with Gasteiger partial charge in [-0.15, -0.1) is 0 Å². The Balaban J connectivity index is 2.27. The molecule has 1 heterocycles. The fraction of sp³-hybridized carbons (Fsp3) is 0.0588. The molecule has 0 saturated heterocycles. The second kappa shape index (κ2) is 6.48. The number of hydrogen-bond acceptors (Lipinski definition) is 2. The Morgan fingerprint density at radius 2 is 2.05 bits per heavy atom. The summed E-state index contributed by atoms with van der Waals surface area (Å²) in [5, 5.41) is 0. The van der Waals surface area contributed by atoms with Crippen LogP contribution < -0.4 is 0 Å². The second-order valence-electron chi connectivity index (χ2n) is 4.18. The molecule has 1 aromatic heterocycles. The topological polar surface area (TPSA) is 45.8 Å². The SMILES string of the molecule is C=C/C=C\C(=C/C)c1ncc(C(=O)c2ccccc2)[nH]1. The van der Waals surface area contributed by atoms with Crippen molar-refractivity contribution in [3.63, 3.8) is 0 Å². The van der Waals surface area contributed by atoms with Gasteiger partial charge in [0.1, 0.15) is 11.5 Å². The molecule has 1 aromatic carbocycles. The molecule has 1 N–H and O–H groups in total. The van der Waals surface area contributed by atoms with Crippen molar-refractivity contribution in [2.75, 3.05) is 0 Å². The number of carbonyl (C=O) groups is 1. The maximum Gasteiger partial charge on any atom is 0.210 e. The number of nitrogens with one attached hydrogen (secondary N) is 1. The molecule has 0 radical (unpaired) electrons. The molecule has 3 nitrogen and oxygen atoms in total. The molecule has 0 aliphatic carbocycles. The Kier molecular flexibility index (Phi) is 4.45. The zero-order valence-corrected chi connectivity index (χ0v) is 11.3. The monoisotopic (exact) mass is 264 g/mol. The number of carbonyl (C=O) groups excluding carboxylic acids is 1. The predicted octanol–water partition coefficient (Wildman–Crippen LogP) is 3.79. The van der Waals surface area contributed by atoms with Gasteiger partial charge in [0.2, 0.25) is 5.78 Å². The molecule has 3 heteroatoms. The van der Waals surface area contributed by atoms with Crippen LogP contribution in [-0.4, -0.2) is 15.8 Å². The first-order valence-electron chi connectivity index (χ1n) is 6.36. The molecule has 0 atom stereocenters. The second-order valence-corrected chi connectivity index (χ2v) is 4.18. The lowest BCUT2D eigenvalue weighted by Gasteiger charge is -1.98. The lowest BCUT2D eigenvalue weighted by molar-refractivity contribution is 0.103. The van der Waals surface area contributed by atoms with E-state index in [9.17, 15) is 4.79 Å². The maximum absolute atomic E-state index is 12.3. The summed E-state index contributed by atoms with van der Waals surface area (Å²) in [5.41, 5.74) is 2.04. The van der Waals surface area contributed by atoms with Gasteiger partial charge in [0.25, 0.3) is 0 Å². The van der Waals surface area contributed by atoms with Crippen molar-refractivity contribution in [3.05, 3.63) is 84.5 Å². The smallest absolute Gasteiger partial charge is 0.210 e. The average molecular weight is 264 g/mol. The number of ketones is 1. The molecule has 2 rings (SSSR count). The number of nitrogens with zero attached hydrogens (tertiary/aromatic N) is 1. The van der Waals surface area contributed by atoms with E-state index in [0.29, 0.717) is 17.1 Å². The van der Waals surface area contributed by atoms with Crippen LogP contribution in [0.25, 0.3) is 5.57 Å². The van der Waals surface area contributed by atoms with Gasteiger partial charge in [-0.2, -0.15) is 0 Å². The Bertz CT molecular complexity index is 663. The number of H-pyrrole nitrogens is 1. The summed E-state index contributed by atoms with van der Waals surface area (Å²) in [4.78, 5) is 19.6. The van der Waals surface area contributed by atoms with Crippen molar-refractivity contribution in [1.29, 1.82) is 0 Å². The molecule has 0 unspecified atom stereocenters. The Hall–Kier alpha value is -2.68. The van der Waals surface area contributed by atoms with E-state index in [1.807, 2.05) is 43.4 Å². The molecule has 2 aromatic rings. The quantitative estimate of drug-likeness (QED) is 0.659. The van der Waals surface area contributed by atoms with Crippen LogP contribution in [0.4, 0.5) is 0 Å². The molecule has 0 bridgehead atoms. The van der Waals surface area contributed by atoms with Crippen LogP contribution in [0.3, 0.4) is 0 Å². The summed E-state index contributed by atoms with van der Waals surface area (Å²) in [6, 6.07) is 9.14. The van der Waals surface area contributed by atoms with Gasteiger partial charge in [0.15, 0.2) is 0 Å². The van der Waals surface area contributed by atoms with E-state index in [1.54, 1.807) is 24.4 Å². The molecular formula is C17H16N2O. The van der Waals surface area contributed by atoms with Crippen LogP contribution in [0, 0.1) is 0 Å². The van der Waals surface area contributed by atoms with Crippen molar-refractivity contribution in [2.24, 2.45) is 0 Å². The summed E-state index contributed by atoms with van der Waals surface area (Å²) in [5.74, 6) is 0.609. The highest BCUT2D eigenvalue weighted by atomic mass is 16.1. The van der Waals surface area contributed by atoms with Crippen molar-refractivity contribution in [3.8, 4) is 0 Å².